The molecule has 0 atom stereocenters. The molecule has 0 N–H and O–H groups in total. The lowest BCUT2D eigenvalue weighted by molar-refractivity contribution is 0.0704. The van der Waals surface area contributed by atoms with Crippen LogP contribution in [0.5, 0.6) is 0 Å². The molecule has 0 aliphatic carbocycles. The Labute approximate surface area is 157 Å². The zero-order valence-electron chi connectivity index (χ0n) is 11.8. The monoisotopic (exact) mass is 500 g/mol. The summed E-state index contributed by atoms with van der Waals surface area (Å²) in [6.07, 6.45) is 1.85. The van der Waals surface area contributed by atoms with Crippen molar-refractivity contribution in [3.05, 3.63) is 55.4 Å². The molecule has 0 unspecified atom stereocenters. The minimum absolute atomic E-state index is 0.0375. The van der Waals surface area contributed by atoms with E-state index in [1.54, 1.807) is 4.52 Å². The maximum atomic E-state index is 12.8. The third kappa shape index (κ3) is 2.66. The SMILES string of the molecule is O=C(c1cc2ccc(Br)cn2n1)N1CCn2c(cc(Br)c2Br)C1. The van der Waals surface area contributed by atoms with E-state index >= 15 is 0 Å². The maximum absolute atomic E-state index is 12.8. The number of aromatic nitrogens is 3. The van der Waals surface area contributed by atoms with Crippen LogP contribution in [-0.4, -0.2) is 31.5 Å². The van der Waals surface area contributed by atoms with E-state index in [1.165, 1.54) is 0 Å². The van der Waals surface area contributed by atoms with Gasteiger partial charge in [-0.25, -0.2) is 4.52 Å². The molecule has 3 aromatic rings. The molecule has 1 amide bonds. The fraction of sp³-hybridized carbons (Fsp3) is 0.200. The number of fused-ring (bicyclic) bond motifs is 2. The van der Waals surface area contributed by atoms with Crippen molar-refractivity contribution in [1.82, 2.24) is 19.1 Å². The molecule has 1 aliphatic heterocycles. The molecule has 0 fully saturated rings. The van der Waals surface area contributed by atoms with Crippen molar-refractivity contribution >= 4 is 59.2 Å². The molecule has 0 bridgehead atoms. The molecule has 118 valence electrons. The highest BCUT2D eigenvalue weighted by atomic mass is 79.9. The third-order valence-corrected chi connectivity index (χ3v) is 6.41. The molecule has 0 aromatic carbocycles. The first kappa shape index (κ1) is 15.4. The van der Waals surface area contributed by atoms with Crippen molar-refractivity contribution in [2.24, 2.45) is 0 Å². The minimum Gasteiger partial charge on any atom is -0.335 e. The van der Waals surface area contributed by atoms with Crippen molar-refractivity contribution in [3.8, 4) is 0 Å². The van der Waals surface area contributed by atoms with Gasteiger partial charge in [0, 0.05) is 29.5 Å². The van der Waals surface area contributed by atoms with E-state index in [-0.39, 0.29) is 5.91 Å². The van der Waals surface area contributed by atoms with Crippen LogP contribution in [0.1, 0.15) is 16.2 Å². The van der Waals surface area contributed by atoms with Gasteiger partial charge in [-0.15, -0.1) is 0 Å². The number of halogens is 3. The van der Waals surface area contributed by atoms with Crippen LogP contribution in [0.15, 0.2) is 44.0 Å². The quantitative estimate of drug-likeness (QED) is 0.503. The minimum atomic E-state index is -0.0375. The second kappa shape index (κ2) is 5.75. The molecular formula is C15H11Br3N4O. The van der Waals surface area contributed by atoms with Crippen LogP contribution in [-0.2, 0) is 13.1 Å². The van der Waals surface area contributed by atoms with Gasteiger partial charge in [-0.3, -0.25) is 4.79 Å². The van der Waals surface area contributed by atoms with E-state index in [9.17, 15) is 4.79 Å². The van der Waals surface area contributed by atoms with Crippen molar-refractivity contribution in [2.45, 2.75) is 13.1 Å². The second-order valence-electron chi connectivity index (χ2n) is 5.40. The lowest BCUT2D eigenvalue weighted by Crippen LogP contribution is -2.38. The molecule has 8 heteroatoms. The lowest BCUT2D eigenvalue weighted by atomic mass is 10.2. The Balaban J connectivity index is 1.63. The van der Waals surface area contributed by atoms with Crippen LogP contribution in [0.4, 0.5) is 0 Å². The first-order valence-electron chi connectivity index (χ1n) is 7.00. The molecule has 5 nitrogen and oxygen atoms in total. The van der Waals surface area contributed by atoms with Gasteiger partial charge in [-0.2, -0.15) is 5.10 Å². The summed E-state index contributed by atoms with van der Waals surface area (Å²) in [6.45, 7) is 2.02. The van der Waals surface area contributed by atoms with Crippen LogP contribution >= 0.6 is 47.8 Å². The van der Waals surface area contributed by atoms with Gasteiger partial charge in [0.05, 0.1) is 21.1 Å². The molecule has 4 rings (SSSR count). The molecule has 0 radical (unpaired) electrons. The Bertz CT molecular complexity index is 930. The summed E-state index contributed by atoms with van der Waals surface area (Å²) in [7, 11) is 0. The standard InChI is InChI=1S/C15H11Br3N4O/c16-9-1-2-10-6-13(19-22(10)7-9)15(23)20-3-4-21-11(8-20)5-12(17)14(21)18/h1-2,5-7H,3-4,8H2. The lowest BCUT2D eigenvalue weighted by Gasteiger charge is -2.28. The Hall–Kier alpha value is -1.12. The molecule has 0 spiro atoms. The molecule has 1 aliphatic rings. The fourth-order valence-electron chi connectivity index (χ4n) is 2.81. The first-order chi connectivity index (χ1) is 11.0. The van der Waals surface area contributed by atoms with Crippen molar-refractivity contribution < 1.29 is 4.79 Å². The number of hydrogen-bond donors (Lipinski definition) is 0. The first-order valence-corrected chi connectivity index (χ1v) is 9.38. The number of carbonyl (C=O) groups excluding carboxylic acids is 1. The highest BCUT2D eigenvalue weighted by Crippen LogP contribution is 2.30. The van der Waals surface area contributed by atoms with E-state index in [2.05, 4.69) is 57.5 Å². The molecule has 23 heavy (non-hydrogen) atoms. The summed E-state index contributed by atoms with van der Waals surface area (Å²) in [5, 5.41) is 4.40. The number of rotatable bonds is 1. The summed E-state index contributed by atoms with van der Waals surface area (Å²) < 4.78 is 6.86. The predicted molar refractivity (Wildman–Crippen MR) is 97.5 cm³/mol. The summed E-state index contributed by atoms with van der Waals surface area (Å²) in [4.78, 5) is 14.6. The van der Waals surface area contributed by atoms with Gasteiger partial charge in [-0.1, -0.05) is 0 Å². The normalized spacial score (nSPS) is 14.3. The van der Waals surface area contributed by atoms with E-state index < -0.39 is 0 Å². The van der Waals surface area contributed by atoms with Gasteiger partial charge in [-0.05, 0) is 72.1 Å². The van der Waals surface area contributed by atoms with E-state index in [4.69, 9.17) is 0 Å². The Morgan fingerprint density at radius 2 is 1.96 bits per heavy atom. The molecule has 4 heterocycles. The zero-order valence-corrected chi connectivity index (χ0v) is 16.6. The van der Waals surface area contributed by atoms with Crippen molar-refractivity contribution in [3.63, 3.8) is 0 Å². The molecule has 0 saturated carbocycles. The third-order valence-electron chi connectivity index (χ3n) is 3.95. The summed E-state index contributed by atoms with van der Waals surface area (Å²) in [5.41, 5.74) is 2.48. The van der Waals surface area contributed by atoms with Gasteiger partial charge >= 0.3 is 0 Å². The second-order valence-corrected chi connectivity index (χ2v) is 7.92. The highest BCUT2D eigenvalue weighted by Gasteiger charge is 2.25. The predicted octanol–water partition coefficient (Wildman–Crippen LogP) is 4.08. The van der Waals surface area contributed by atoms with Gasteiger partial charge < -0.3 is 9.47 Å². The smallest absolute Gasteiger partial charge is 0.274 e. The van der Waals surface area contributed by atoms with Gasteiger partial charge in [0.2, 0.25) is 0 Å². The number of amides is 1. The van der Waals surface area contributed by atoms with Crippen LogP contribution in [0.2, 0.25) is 0 Å². The van der Waals surface area contributed by atoms with Gasteiger partial charge in [0.25, 0.3) is 5.91 Å². The van der Waals surface area contributed by atoms with Crippen LogP contribution < -0.4 is 0 Å². The number of pyridine rings is 1. The summed E-state index contributed by atoms with van der Waals surface area (Å²) >= 11 is 10.5. The largest absolute Gasteiger partial charge is 0.335 e. The zero-order chi connectivity index (χ0) is 16.1. The number of carbonyl (C=O) groups is 1. The van der Waals surface area contributed by atoms with Crippen LogP contribution in [0, 0.1) is 0 Å². The fourth-order valence-corrected chi connectivity index (χ4v) is 4.13. The van der Waals surface area contributed by atoms with Crippen molar-refractivity contribution in [2.75, 3.05) is 6.54 Å². The van der Waals surface area contributed by atoms with Crippen LogP contribution in [0.3, 0.4) is 0 Å². The summed E-state index contributed by atoms with van der Waals surface area (Å²) in [5.74, 6) is -0.0375. The average molecular weight is 503 g/mol. The summed E-state index contributed by atoms with van der Waals surface area (Å²) in [6, 6.07) is 7.75. The number of nitrogens with zero attached hydrogens (tertiary/aromatic N) is 4. The molecule has 0 saturated heterocycles. The van der Waals surface area contributed by atoms with Gasteiger partial charge in [0.1, 0.15) is 0 Å². The molecule has 3 aromatic heterocycles. The van der Waals surface area contributed by atoms with E-state index in [0.717, 1.165) is 31.3 Å². The van der Waals surface area contributed by atoms with E-state index in [1.807, 2.05) is 35.4 Å². The van der Waals surface area contributed by atoms with E-state index in [0.29, 0.717) is 18.8 Å². The topological polar surface area (TPSA) is 42.5 Å². The Kier molecular flexibility index (Phi) is 3.85. The average Bonchev–Trinajstić information content (AvgIpc) is 3.07. The Morgan fingerprint density at radius 1 is 1.13 bits per heavy atom. The maximum Gasteiger partial charge on any atom is 0.274 e. The molecular weight excluding hydrogens is 492 g/mol. The van der Waals surface area contributed by atoms with Gasteiger partial charge in [0.15, 0.2) is 5.69 Å². The highest BCUT2D eigenvalue weighted by molar-refractivity contribution is 9.13. The number of hydrogen-bond acceptors (Lipinski definition) is 2. The van der Waals surface area contributed by atoms with Crippen molar-refractivity contribution in [1.29, 1.82) is 0 Å². The Morgan fingerprint density at radius 3 is 2.78 bits per heavy atom. The van der Waals surface area contributed by atoms with Crippen LogP contribution in [0.25, 0.3) is 5.52 Å².